The molecule has 0 radical (unpaired) electrons. The number of halogens is 1. The zero-order chi connectivity index (χ0) is 15.1. The van der Waals surface area contributed by atoms with Crippen LogP contribution in [0, 0.1) is 11.8 Å². The Labute approximate surface area is 136 Å². The van der Waals surface area contributed by atoms with Gasteiger partial charge >= 0.3 is 0 Å². The minimum Gasteiger partial charge on any atom is -0.469 e. The van der Waals surface area contributed by atoms with Crippen LogP contribution in [0.4, 0.5) is 0 Å². The molecular weight excluding hydrogens is 326 g/mol. The third-order valence-electron chi connectivity index (χ3n) is 3.49. The Kier molecular flexibility index (Phi) is 6.52. The highest BCUT2D eigenvalue weighted by Crippen LogP contribution is 2.17. The van der Waals surface area contributed by atoms with Crippen LogP contribution in [-0.4, -0.2) is 13.1 Å². The summed E-state index contributed by atoms with van der Waals surface area (Å²) in [5.41, 5.74) is 1.38. The van der Waals surface area contributed by atoms with Gasteiger partial charge in [0.25, 0.3) is 0 Å². The number of benzene rings is 1. The van der Waals surface area contributed by atoms with Gasteiger partial charge in [-0.15, -0.1) is 0 Å². The van der Waals surface area contributed by atoms with E-state index in [0.717, 1.165) is 36.2 Å². The average molecular weight is 350 g/mol. The van der Waals surface area contributed by atoms with Crippen molar-refractivity contribution in [1.29, 1.82) is 0 Å². The van der Waals surface area contributed by atoms with Gasteiger partial charge in [-0.1, -0.05) is 41.9 Å². The highest BCUT2D eigenvalue weighted by Gasteiger charge is 2.12. The van der Waals surface area contributed by atoms with Crippen molar-refractivity contribution in [3.8, 4) is 0 Å². The number of hydrogen-bond donors (Lipinski definition) is 1. The minimum absolute atomic E-state index is 0.552. The summed E-state index contributed by atoms with van der Waals surface area (Å²) in [6, 6.07) is 12.6. The third-order valence-corrected chi connectivity index (χ3v) is 4.02. The molecule has 1 heterocycles. The summed E-state index contributed by atoms with van der Waals surface area (Å²) in [5, 5.41) is 3.58. The molecule has 0 saturated carbocycles. The molecule has 2 rings (SSSR count). The number of furan rings is 1. The van der Waals surface area contributed by atoms with E-state index in [4.69, 9.17) is 4.42 Å². The molecule has 1 atom stereocenters. The number of hydrogen-bond acceptors (Lipinski definition) is 2. The second-order valence-corrected chi connectivity index (χ2v) is 6.95. The summed E-state index contributed by atoms with van der Waals surface area (Å²) in [5.74, 6) is 2.31. The Morgan fingerprint density at radius 2 is 1.81 bits per heavy atom. The molecule has 0 aliphatic heterocycles. The molecule has 1 aromatic carbocycles. The predicted octanol–water partition coefficient (Wildman–Crippen LogP) is 4.69. The van der Waals surface area contributed by atoms with Crippen molar-refractivity contribution in [3.63, 3.8) is 0 Å². The first-order valence-corrected chi connectivity index (χ1v) is 8.40. The van der Waals surface area contributed by atoms with Crippen molar-refractivity contribution in [2.45, 2.75) is 26.7 Å². The molecule has 1 aromatic heterocycles. The van der Waals surface area contributed by atoms with E-state index in [1.54, 1.807) is 6.26 Å². The highest BCUT2D eigenvalue weighted by atomic mass is 79.9. The van der Waals surface area contributed by atoms with Gasteiger partial charge in [0, 0.05) is 10.9 Å². The standard InChI is InChI=1S/C18H24BrNO/c1-14(2)12-20-13-16(11-18-4-3-9-21-18)10-15-5-7-17(19)8-6-15/h3-9,14,16,20H,10-13H2,1-2H3. The van der Waals surface area contributed by atoms with Crippen molar-refractivity contribution in [1.82, 2.24) is 5.32 Å². The van der Waals surface area contributed by atoms with Crippen LogP contribution in [0.2, 0.25) is 0 Å². The molecule has 3 heteroatoms. The quantitative estimate of drug-likeness (QED) is 0.747. The summed E-state index contributed by atoms with van der Waals surface area (Å²) < 4.78 is 6.64. The van der Waals surface area contributed by atoms with Gasteiger partial charge in [0.05, 0.1) is 6.26 Å². The first-order chi connectivity index (χ1) is 10.1. The fraction of sp³-hybridized carbons (Fsp3) is 0.444. The molecule has 0 aliphatic rings. The topological polar surface area (TPSA) is 25.2 Å². The monoisotopic (exact) mass is 349 g/mol. The van der Waals surface area contributed by atoms with Gasteiger partial charge in [0.1, 0.15) is 5.76 Å². The van der Waals surface area contributed by atoms with Crippen LogP contribution in [0.15, 0.2) is 51.6 Å². The molecule has 0 fully saturated rings. The molecule has 0 bridgehead atoms. The molecule has 21 heavy (non-hydrogen) atoms. The normalized spacial score (nSPS) is 12.8. The van der Waals surface area contributed by atoms with E-state index < -0.39 is 0 Å². The maximum absolute atomic E-state index is 5.51. The lowest BCUT2D eigenvalue weighted by Crippen LogP contribution is -2.28. The van der Waals surface area contributed by atoms with Crippen LogP contribution in [0.5, 0.6) is 0 Å². The summed E-state index contributed by atoms with van der Waals surface area (Å²) in [4.78, 5) is 0. The van der Waals surface area contributed by atoms with E-state index in [1.807, 2.05) is 6.07 Å². The summed E-state index contributed by atoms with van der Waals surface area (Å²) >= 11 is 3.49. The summed E-state index contributed by atoms with van der Waals surface area (Å²) in [6.07, 6.45) is 3.81. The molecule has 114 valence electrons. The number of rotatable bonds is 8. The van der Waals surface area contributed by atoms with Crippen molar-refractivity contribution >= 4 is 15.9 Å². The maximum Gasteiger partial charge on any atom is 0.104 e. The minimum atomic E-state index is 0.552. The lowest BCUT2D eigenvalue weighted by Gasteiger charge is -2.18. The molecular formula is C18H24BrNO. The molecule has 0 saturated heterocycles. The van der Waals surface area contributed by atoms with E-state index in [0.29, 0.717) is 11.8 Å². The molecule has 2 aromatic rings. The molecule has 0 aliphatic carbocycles. The summed E-state index contributed by atoms with van der Waals surface area (Å²) in [7, 11) is 0. The Morgan fingerprint density at radius 3 is 2.43 bits per heavy atom. The largest absolute Gasteiger partial charge is 0.469 e. The fourth-order valence-corrected chi connectivity index (χ4v) is 2.72. The van der Waals surface area contributed by atoms with Crippen LogP contribution in [0.1, 0.15) is 25.2 Å². The van der Waals surface area contributed by atoms with Crippen molar-refractivity contribution in [2.75, 3.05) is 13.1 Å². The summed E-state index contributed by atoms with van der Waals surface area (Å²) in [6.45, 7) is 6.57. The van der Waals surface area contributed by atoms with E-state index in [1.165, 1.54) is 5.56 Å². The van der Waals surface area contributed by atoms with Crippen LogP contribution in [0.25, 0.3) is 0 Å². The second-order valence-electron chi connectivity index (χ2n) is 6.03. The first kappa shape index (κ1) is 16.3. The zero-order valence-electron chi connectivity index (χ0n) is 12.8. The second kappa shape index (κ2) is 8.40. The van der Waals surface area contributed by atoms with Gasteiger partial charge in [0.2, 0.25) is 0 Å². The predicted molar refractivity (Wildman–Crippen MR) is 91.5 cm³/mol. The van der Waals surface area contributed by atoms with Crippen LogP contribution < -0.4 is 5.32 Å². The fourth-order valence-electron chi connectivity index (χ4n) is 2.46. The zero-order valence-corrected chi connectivity index (χ0v) is 14.4. The van der Waals surface area contributed by atoms with Crippen molar-refractivity contribution < 1.29 is 4.42 Å². The maximum atomic E-state index is 5.51. The van der Waals surface area contributed by atoms with E-state index in [-0.39, 0.29) is 0 Å². The van der Waals surface area contributed by atoms with Gasteiger partial charge in [-0.2, -0.15) is 0 Å². The SMILES string of the molecule is CC(C)CNCC(Cc1ccc(Br)cc1)Cc1ccco1. The van der Waals surface area contributed by atoms with E-state index in [9.17, 15) is 0 Å². The Hall–Kier alpha value is -1.06. The lowest BCUT2D eigenvalue weighted by atomic mass is 9.95. The van der Waals surface area contributed by atoms with E-state index >= 15 is 0 Å². The van der Waals surface area contributed by atoms with Crippen LogP contribution in [-0.2, 0) is 12.8 Å². The van der Waals surface area contributed by atoms with Gasteiger partial charge in [-0.05, 0) is 61.2 Å². The highest BCUT2D eigenvalue weighted by molar-refractivity contribution is 9.10. The van der Waals surface area contributed by atoms with Crippen molar-refractivity contribution in [3.05, 3.63) is 58.5 Å². The van der Waals surface area contributed by atoms with Gasteiger partial charge in [-0.25, -0.2) is 0 Å². The molecule has 1 unspecified atom stereocenters. The van der Waals surface area contributed by atoms with E-state index in [2.05, 4.69) is 65.4 Å². The Balaban J connectivity index is 1.95. The molecule has 0 amide bonds. The van der Waals surface area contributed by atoms with Gasteiger partial charge in [0.15, 0.2) is 0 Å². The molecule has 0 spiro atoms. The average Bonchev–Trinajstić information content (AvgIpc) is 2.94. The molecule has 2 nitrogen and oxygen atoms in total. The van der Waals surface area contributed by atoms with Gasteiger partial charge in [-0.3, -0.25) is 0 Å². The first-order valence-electron chi connectivity index (χ1n) is 7.61. The third kappa shape index (κ3) is 6.06. The van der Waals surface area contributed by atoms with Crippen molar-refractivity contribution in [2.24, 2.45) is 11.8 Å². The Bertz CT molecular complexity index is 505. The van der Waals surface area contributed by atoms with Crippen LogP contribution >= 0.6 is 15.9 Å². The number of nitrogens with one attached hydrogen (secondary N) is 1. The lowest BCUT2D eigenvalue weighted by molar-refractivity contribution is 0.404. The smallest absolute Gasteiger partial charge is 0.104 e. The van der Waals surface area contributed by atoms with Crippen LogP contribution in [0.3, 0.4) is 0 Å². The van der Waals surface area contributed by atoms with Gasteiger partial charge < -0.3 is 9.73 Å². The Morgan fingerprint density at radius 1 is 1.05 bits per heavy atom. The molecule has 1 N–H and O–H groups in total.